The molecule has 0 atom stereocenters. The van der Waals surface area contributed by atoms with Gasteiger partial charge in [-0.1, -0.05) is 40.9 Å². The molecule has 88 valence electrons. The quantitative estimate of drug-likeness (QED) is 0.842. The molecule has 1 aromatic heterocycles. The van der Waals surface area contributed by atoms with E-state index in [0.29, 0.717) is 21.7 Å². The minimum absolute atomic E-state index is 0.389. The Morgan fingerprint density at radius 2 is 1.82 bits per heavy atom. The molecule has 0 saturated carbocycles. The van der Waals surface area contributed by atoms with Crippen LogP contribution in [0.5, 0.6) is 0 Å². The zero-order valence-electron chi connectivity index (χ0n) is 8.75. The van der Waals surface area contributed by atoms with Crippen LogP contribution in [0.4, 0.5) is 0 Å². The van der Waals surface area contributed by atoms with Gasteiger partial charge in [0.05, 0.1) is 10.0 Å². The lowest BCUT2D eigenvalue weighted by molar-refractivity contribution is 1.05. The topological polar surface area (TPSA) is 38.9 Å². The summed E-state index contributed by atoms with van der Waals surface area (Å²) in [5.41, 5.74) is 8.42. The maximum Gasteiger partial charge on any atom is 0.129 e. The number of nitrogens with two attached hydrogens (primary N) is 1. The van der Waals surface area contributed by atoms with E-state index in [2.05, 4.69) is 4.98 Å². The normalized spacial score (nSPS) is 10.6. The second-order valence-electron chi connectivity index (χ2n) is 3.50. The van der Waals surface area contributed by atoms with Gasteiger partial charge in [0.25, 0.3) is 0 Å². The summed E-state index contributed by atoms with van der Waals surface area (Å²) in [7, 11) is 0. The number of aromatic nitrogens is 1. The van der Waals surface area contributed by atoms with Gasteiger partial charge in [-0.2, -0.15) is 0 Å². The molecule has 2 nitrogen and oxygen atoms in total. The fourth-order valence-corrected chi connectivity index (χ4v) is 2.01. The van der Waals surface area contributed by atoms with Crippen molar-refractivity contribution < 1.29 is 0 Å². The number of nitrogens with zero attached hydrogens (tertiary/aromatic N) is 1. The Bertz CT molecular complexity index is 555. The van der Waals surface area contributed by atoms with Crippen molar-refractivity contribution in [3.05, 3.63) is 51.2 Å². The van der Waals surface area contributed by atoms with Crippen LogP contribution in [-0.4, -0.2) is 4.98 Å². The summed E-state index contributed by atoms with van der Waals surface area (Å²) in [6, 6.07) is 7.17. The third-order valence-electron chi connectivity index (χ3n) is 2.40. The minimum Gasteiger partial charge on any atom is -0.326 e. The van der Waals surface area contributed by atoms with E-state index in [1.807, 2.05) is 6.07 Å². The summed E-state index contributed by atoms with van der Waals surface area (Å²) >= 11 is 17.7. The zero-order valence-corrected chi connectivity index (χ0v) is 11.0. The number of halogens is 3. The Labute approximate surface area is 114 Å². The molecule has 17 heavy (non-hydrogen) atoms. The molecule has 0 amide bonds. The minimum atomic E-state index is 0.389. The highest BCUT2D eigenvalue weighted by molar-refractivity contribution is 6.42. The van der Waals surface area contributed by atoms with Gasteiger partial charge in [0.2, 0.25) is 0 Å². The zero-order chi connectivity index (χ0) is 12.4. The van der Waals surface area contributed by atoms with E-state index in [1.165, 1.54) is 0 Å². The van der Waals surface area contributed by atoms with Crippen molar-refractivity contribution in [1.29, 1.82) is 0 Å². The Morgan fingerprint density at radius 3 is 2.47 bits per heavy atom. The fraction of sp³-hybridized carbons (Fsp3) is 0.0833. The van der Waals surface area contributed by atoms with E-state index in [-0.39, 0.29) is 0 Å². The largest absolute Gasteiger partial charge is 0.326 e. The second-order valence-corrected chi connectivity index (χ2v) is 4.70. The van der Waals surface area contributed by atoms with Crippen LogP contribution < -0.4 is 5.73 Å². The average Bonchev–Trinajstić information content (AvgIpc) is 2.32. The summed E-state index contributed by atoms with van der Waals surface area (Å²) in [6.45, 7) is 0.389. The van der Waals surface area contributed by atoms with Gasteiger partial charge in [-0.25, -0.2) is 4.98 Å². The maximum atomic E-state index is 5.99. The first-order chi connectivity index (χ1) is 8.11. The molecule has 1 heterocycles. The molecule has 1 aromatic carbocycles. The third-order valence-corrected chi connectivity index (χ3v) is 3.35. The van der Waals surface area contributed by atoms with Crippen molar-refractivity contribution in [1.82, 2.24) is 4.98 Å². The monoisotopic (exact) mass is 286 g/mol. The number of pyridine rings is 1. The molecular formula is C12H9Cl3N2. The number of benzene rings is 1. The van der Waals surface area contributed by atoms with E-state index < -0.39 is 0 Å². The first-order valence-electron chi connectivity index (χ1n) is 4.91. The number of rotatable bonds is 2. The first-order valence-corrected chi connectivity index (χ1v) is 6.05. The van der Waals surface area contributed by atoms with Crippen LogP contribution in [0, 0.1) is 0 Å². The van der Waals surface area contributed by atoms with Crippen molar-refractivity contribution in [3.63, 3.8) is 0 Å². The molecule has 0 fully saturated rings. The molecule has 5 heteroatoms. The molecule has 0 unspecified atom stereocenters. The smallest absolute Gasteiger partial charge is 0.129 e. The van der Waals surface area contributed by atoms with Crippen LogP contribution in [0.3, 0.4) is 0 Å². The molecule has 0 radical (unpaired) electrons. The highest BCUT2D eigenvalue weighted by Gasteiger charge is 2.07. The van der Waals surface area contributed by atoms with Crippen LogP contribution in [-0.2, 0) is 6.54 Å². The van der Waals surface area contributed by atoms with E-state index in [1.54, 1.807) is 24.4 Å². The predicted molar refractivity (Wildman–Crippen MR) is 72.6 cm³/mol. The van der Waals surface area contributed by atoms with E-state index in [0.717, 1.165) is 16.7 Å². The summed E-state index contributed by atoms with van der Waals surface area (Å²) in [5, 5.41) is 1.44. The van der Waals surface area contributed by atoms with Gasteiger partial charge in [-0.05, 0) is 34.9 Å². The van der Waals surface area contributed by atoms with Gasteiger partial charge in [0.15, 0.2) is 0 Å². The SMILES string of the molecule is NCc1cnc(Cl)cc1-c1ccc(Cl)c(Cl)c1. The van der Waals surface area contributed by atoms with Crippen molar-refractivity contribution in [2.24, 2.45) is 5.73 Å². The molecule has 0 aliphatic heterocycles. The van der Waals surface area contributed by atoms with Gasteiger partial charge in [0.1, 0.15) is 5.15 Å². The lowest BCUT2D eigenvalue weighted by atomic mass is 10.0. The van der Waals surface area contributed by atoms with Gasteiger partial charge in [-0.3, -0.25) is 0 Å². The second kappa shape index (κ2) is 5.23. The molecule has 0 aliphatic carbocycles. The van der Waals surface area contributed by atoms with Crippen LogP contribution >= 0.6 is 34.8 Å². The van der Waals surface area contributed by atoms with E-state index >= 15 is 0 Å². The van der Waals surface area contributed by atoms with Crippen LogP contribution in [0.2, 0.25) is 15.2 Å². The van der Waals surface area contributed by atoms with Crippen LogP contribution in [0.25, 0.3) is 11.1 Å². The molecule has 0 bridgehead atoms. The number of hydrogen-bond acceptors (Lipinski definition) is 2. The third kappa shape index (κ3) is 2.72. The number of hydrogen-bond donors (Lipinski definition) is 1. The standard InChI is InChI=1S/C12H9Cl3N2/c13-10-2-1-7(3-11(10)14)9-4-12(15)17-6-8(9)5-16/h1-4,6H,5,16H2. The lowest BCUT2D eigenvalue weighted by Gasteiger charge is -2.09. The van der Waals surface area contributed by atoms with E-state index in [9.17, 15) is 0 Å². The summed E-state index contributed by atoms with van der Waals surface area (Å²) in [5.74, 6) is 0. The molecule has 2 aromatic rings. The Hall–Kier alpha value is -0.800. The van der Waals surface area contributed by atoms with Gasteiger partial charge in [-0.15, -0.1) is 0 Å². The van der Waals surface area contributed by atoms with Crippen molar-refractivity contribution in [3.8, 4) is 11.1 Å². The predicted octanol–water partition coefficient (Wildman–Crippen LogP) is 4.17. The van der Waals surface area contributed by atoms with Crippen LogP contribution in [0.1, 0.15) is 5.56 Å². The Balaban J connectivity index is 2.58. The summed E-state index contributed by atoms with van der Waals surface area (Å²) < 4.78 is 0. The molecule has 0 spiro atoms. The van der Waals surface area contributed by atoms with Gasteiger partial charge >= 0.3 is 0 Å². The van der Waals surface area contributed by atoms with E-state index in [4.69, 9.17) is 40.5 Å². The molecule has 2 rings (SSSR count). The highest BCUT2D eigenvalue weighted by atomic mass is 35.5. The molecule has 0 saturated heterocycles. The maximum absolute atomic E-state index is 5.99. The summed E-state index contributed by atoms with van der Waals surface area (Å²) in [4.78, 5) is 4.00. The Kier molecular flexibility index (Phi) is 3.89. The summed E-state index contributed by atoms with van der Waals surface area (Å²) in [6.07, 6.45) is 1.67. The Morgan fingerprint density at radius 1 is 1.06 bits per heavy atom. The van der Waals surface area contributed by atoms with Gasteiger partial charge < -0.3 is 5.73 Å². The first kappa shape index (κ1) is 12.7. The average molecular weight is 288 g/mol. The molecule has 2 N–H and O–H groups in total. The van der Waals surface area contributed by atoms with Gasteiger partial charge in [0, 0.05) is 12.7 Å². The molecule has 0 aliphatic rings. The fourth-order valence-electron chi connectivity index (χ4n) is 1.55. The highest BCUT2D eigenvalue weighted by Crippen LogP contribution is 2.31. The van der Waals surface area contributed by atoms with Crippen molar-refractivity contribution in [2.45, 2.75) is 6.54 Å². The van der Waals surface area contributed by atoms with Crippen LogP contribution in [0.15, 0.2) is 30.5 Å². The van der Waals surface area contributed by atoms with Crippen molar-refractivity contribution in [2.75, 3.05) is 0 Å². The lowest BCUT2D eigenvalue weighted by Crippen LogP contribution is -2.00. The van der Waals surface area contributed by atoms with Crippen molar-refractivity contribution >= 4 is 34.8 Å². The molecular weight excluding hydrogens is 279 g/mol.